The number of fused-ring (bicyclic) bond motifs is 6. The van der Waals surface area contributed by atoms with Gasteiger partial charge in [-0.15, -0.1) is 0 Å². The minimum Gasteiger partial charge on any atom is -0.508 e. The van der Waals surface area contributed by atoms with Gasteiger partial charge in [-0.1, -0.05) is 136 Å². The Hall–Kier alpha value is -13.8. The Labute approximate surface area is 831 Å². The van der Waals surface area contributed by atoms with Gasteiger partial charge in [-0.2, -0.15) is 0 Å². The van der Waals surface area contributed by atoms with Crippen molar-refractivity contribution in [2.75, 3.05) is 50.8 Å². The van der Waals surface area contributed by atoms with Crippen LogP contribution >= 0.6 is 21.6 Å². The molecule has 3 saturated heterocycles. The van der Waals surface area contributed by atoms with Crippen molar-refractivity contribution >= 4 is 146 Å². The van der Waals surface area contributed by atoms with Crippen molar-refractivity contribution in [2.24, 2.45) is 52.3 Å². The average molecular weight is 2020 g/mol. The van der Waals surface area contributed by atoms with Crippen LogP contribution in [0.3, 0.4) is 0 Å². The van der Waals surface area contributed by atoms with Crippen molar-refractivity contribution in [3.8, 4) is 16.9 Å². The van der Waals surface area contributed by atoms with Crippen LogP contribution in [0.4, 0.5) is 0 Å². The molecule has 18 atom stereocenters. The number of nitrogens with two attached hydrogens (primary N) is 5. The van der Waals surface area contributed by atoms with E-state index in [0.29, 0.717) is 18.4 Å². The van der Waals surface area contributed by atoms with Gasteiger partial charge in [-0.3, -0.25) is 103 Å². The fourth-order valence-corrected chi connectivity index (χ4v) is 19.4. The van der Waals surface area contributed by atoms with Gasteiger partial charge in [-0.25, -0.2) is 0 Å². The zero-order valence-corrected chi connectivity index (χ0v) is 82.4. The molecule has 1 aliphatic carbocycles. The number of aliphatic carboxylic acids is 1. The number of phenols is 1. The van der Waals surface area contributed by atoms with E-state index in [0.717, 1.165) is 44.5 Å². The number of carboxylic acids is 1. The van der Waals surface area contributed by atoms with Crippen molar-refractivity contribution in [1.82, 2.24) is 100 Å². The summed E-state index contributed by atoms with van der Waals surface area (Å²) in [5, 5.41) is 108. The molecular weight excluding hydrogens is 1880 g/mol. The second kappa shape index (κ2) is 57.2. The SMILES string of the molecule is CC[C@H](C)[C@@H]1NC(=O)[C@H](Cc2ccc(-c3ccccc3)cc2)NC(=O)[C@H](CC(C)C)NC(=O)[C@@H]2[C@H]3CC[C@H](C3)N2C(=O)[C@@H](NC(=O)[C@H](CCCNC(=N)N)NC(=O)[C@H](CCCNC(=N)N)NC(C)=O)CSSC[C@@H](C(=O)N[C@@H](CCCNC(=N)N)C(=O)N[C@@H](CCCNC(=N)N)C(N)=O)NC(=O)[C@H](C(C)C)NC(=O)[C@@H]2CCCN2C(=O)[C@H](CC(=O)O)NC(=O)[C@H](Cc2ccc(O)cc2)NC(=O)[C@H](CO)NC1=O. The summed E-state index contributed by atoms with van der Waals surface area (Å²) in [5.74, 6) is -23.0. The Bertz CT molecular complexity index is 4930. The standard InChI is InChI=1S/C92H140N28O20S2/c1-8-49(6)72-85(137)114-66(44-121)81(133)111-63(41-52-26-32-57(123)33-27-52)79(131)113-65(43-70(124)125)87(139)119-38-16-23-69(119)83(135)117-71(48(4)5)84(136)115-67(82(134)109-60(21-14-36-104-91(98)99)76(128)107-58(74(93)126)19-12-34-102-89(94)95)45-141-142-46-68(116-77(129)61(22-15-37-105-92(100)101)108-75(127)59(106-50(7)122)20-13-35-103-90(96)97)88(140)120-56-31-30-55(42-56)73(120)86(138)112-62(39-47(2)3)78(130)110-64(80(132)118-72)40-51-24-28-54(29-25-51)53-17-10-9-11-18-53/h9-11,17-18,24-29,32-33,47-49,55-56,58-69,71-73,121,123H,8,12-16,19-23,30-31,34-46H2,1-7H3,(H2,93,126)(H,106,122)(H,107,128)(H,108,127)(H,109,134)(H,110,130)(H,111,133)(H,112,138)(H,113,131)(H,114,137)(H,115,136)(H,116,129)(H,117,135)(H,118,132)(H,124,125)(H4,94,95,102)(H4,96,97,103)(H4,98,99,104)(H4,100,101,105)/t49-,55-,56+,58-,59-,60-,61-,62-,63-,64-,65-,66-,67-,68-,69-,71-,72-,73-/m0/s1. The number of hydrogen-bond donors (Lipinski definition) is 29. The molecule has 48 nitrogen and oxygen atoms in total. The van der Waals surface area contributed by atoms with Gasteiger partial charge in [0.1, 0.15) is 96.4 Å². The van der Waals surface area contributed by atoms with Gasteiger partial charge in [-0.05, 0) is 148 Å². The van der Waals surface area contributed by atoms with Crippen LogP contribution in [0, 0.1) is 45.3 Å². The second-order valence-corrected chi connectivity index (χ2v) is 39.1. The average Bonchev–Trinajstić information content (AvgIpc) is 1.60. The van der Waals surface area contributed by atoms with Crippen LogP contribution in [0.25, 0.3) is 11.1 Å². The van der Waals surface area contributed by atoms with E-state index in [2.05, 4.69) is 90.4 Å². The highest BCUT2D eigenvalue weighted by molar-refractivity contribution is 8.76. The molecule has 3 aliphatic heterocycles. The fourth-order valence-electron chi connectivity index (χ4n) is 17.1. The zero-order chi connectivity index (χ0) is 105. The summed E-state index contributed by atoms with van der Waals surface area (Å²) in [5.41, 5.74) is 30.4. The molecule has 4 fully saturated rings. The van der Waals surface area contributed by atoms with Gasteiger partial charge >= 0.3 is 5.97 Å². The molecule has 0 radical (unpaired) electrons. The van der Waals surface area contributed by atoms with E-state index in [-0.39, 0.29) is 152 Å². The lowest BCUT2D eigenvalue weighted by Gasteiger charge is -2.38. The number of carboxylic acid groups (broad SMARTS) is 1. The number of amides is 16. The maximum Gasteiger partial charge on any atom is 0.305 e. The predicted molar refractivity (Wildman–Crippen MR) is 528 cm³/mol. The van der Waals surface area contributed by atoms with Crippen LogP contribution in [0.1, 0.15) is 162 Å². The molecule has 3 heterocycles. The first-order valence-corrected chi connectivity index (χ1v) is 50.0. The molecule has 50 heteroatoms. The molecule has 7 rings (SSSR count). The molecule has 34 N–H and O–H groups in total. The molecule has 16 amide bonds. The largest absolute Gasteiger partial charge is 0.508 e. The van der Waals surface area contributed by atoms with Gasteiger partial charge in [0.2, 0.25) is 94.5 Å². The number of carbonyl (C=O) groups is 17. The van der Waals surface area contributed by atoms with E-state index >= 15 is 43.2 Å². The molecule has 3 aromatic rings. The van der Waals surface area contributed by atoms with Crippen molar-refractivity contribution in [3.05, 3.63) is 90.0 Å². The van der Waals surface area contributed by atoms with E-state index in [4.69, 9.17) is 50.3 Å². The Morgan fingerprint density at radius 1 is 0.500 bits per heavy atom. The third-order valence-electron chi connectivity index (χ3n) is 24.6. The first kappa shape index (κ1) is 115. The minimum atomic E-state index is -2.02. The highest BCUT2D eigenvalue weighted by Gasteiger charge is 2.54. The van der Waals surface area contributed by atoms with Crippen LogP contribution in [-0.2, 0) is 94.3 Å². The van der Waals surface area contributed by atoms with Crippen molar-refractivity contribution < 1.29 is 96.8 Å². The third-order valence-corrected chi connectivity index (χ3v) is 27.1. The normalized spacial score (nSPS) is 23.2. The van der Waals surface area contributed by atoms with Gasteiger partial charge in [0.25, 0.3) is 0 Å². The summed E-state index contributed by atoms with van der Waals surface area (Å²) in [4.78, 5) is 254. The van der Waals surface area contributed by atoms with Crippen LogP contribution in [-0.4, -0.2) is 297 Å². The molecule has 3 aromatic carbocycles. The Kier molecular flexibility index (Phi) is 46.4. The van der Waals surface area contributed by atoms with E-state index in [9.17, 15) is 53.7 Å². The number of hydrogen-bond acceptors (Lipinski definition) is 25. The molecule has 0 spiro atoms. The van der Waals surface area contributed by atoms with Crippen LogP contribution in [0.15, 0.2) is 78.9 Å². The molecule has 780 valence electrons. The van der Waals surface area contributed by atoms with E-state index < -0.39 is 258 Å². The number of guanidine groups is 4. The number of aliphatic hydroxyl groups excluding tert-OH is 1. The van der Waals surface area contributed by atoms with Crippen molar-refractivity contribution in [2.45, 2.75) is 261 Å². The number of primary amides is 1. The molecule has 142 heavy (non-hydrogen) atoms. The molecule has 2 bridgehead atoms. The summed E-state index contributed by atoms with van der Waals surface area (Å²) >= 11 is 0. The maximum atomic E-state index is 16.3. The lowest BCUT2D eigenvalue weighted by molar-refractivity contribution is -0.146. The molecule has 0 unspecified atom stereocenters. The van der Waals surface area contributed by atoms with Gasteiger partial charge in [0.15, 0.2) is 23.8 Å². The number of rotatable bonds is 39. The van der Waals surface area contributed by atoms with Crippen LogP contribution in [0.2, 0.25) is 0 Å². The second-order valence-electron chi connectivity index (χ2n) is 36.5. The zero-order valence-electron chi connectivity index (χ0n) is 80.8. The number of piperidine rings is 1. The molecule has 0 aromatic heterocycles. The van der Waals surface area contributed by atoms with E-state index in [1.807, 2.05) is 30.3 Å². The number of aliphatic hydroxyl groups is 1. The van der Waals surface area contributed by atoms with E-state index in [1.54, 1.807) is 52.0 Å². The first-order valence-electron chi connectivity index (χ1n) is 47.5. The number of nitrogens with zero attached hydrogens (tertiary/aromatic N) is 2. The number of aromatic hydroxyl groups is 1. The Morgan fingerprint density at radius 3 is 1.48 bits per heavy atom. The lowest BCUT2D eigenvalue weighted by Crippen LogP contribution is -2.63. The fraction of sp³-hybridized carbons (Fsp3) is 0.576. The third kappa shape index (κ3) is 36.7. The quantitative estimate of drug-likeness (QED) is 0.0111. The molecular formula is C92H140N28O20S2. The highest BCUT2D eigenvalue weighted by Crippen LogP contribution is 2.43. The summed E-state index contributed by atoms with van der Waals surface area (Å²) in [6.07, 6.45) is -1.17. The van der Waals surface area contributed by atoms with Gasteiger partial charge < -0.3 is 144 Å². The number of nitrogens with one attached hydrogen (secondary N) is 21. The predicted octanol–water partition coefficient (Wildman–Crippen LogP) is -4.31. The smallest absolute Gasteiger partial charge is 0.305 e. The number of benzene rings is 3. The Balaban J connectivity index is 1.40. The minimum absolute atomic E-state index is 0.0000113. The number of phenolic OH excluding ortho intramolecular Hbond substituents is 1. The van der Waals surface area contributed by atoms with Gasteiger partial charge in [0.05, 0.1) is 13.0 Å². The summed E-state index contributed by atoms with van der Waals surface area (Å²) in [6.45, 7) is 9.70. The summed E-state index contributed by atoms with van der Waals surface area (Å²) in [7, 11) is 1.65. The highest BCUT2D eigenvalue weighted by atomic mass is 33.1. The first-order chi connectivity index (χ1) is 67.4. The van der Waals surface area contributed by atoms with Crippen LogP contribution < -0.4 is 119 Å². The Morgan fingerprint density at radius 2 is 0.965 bits per heavy atom. The maximum absolute atomic E-state index is 16.3. The topological polar surface area (TPSA) is 787 Å². The van der Waals surface area contributed by atoms with Crippen LogP contribution in [0.5, 0.6) is 5.75 Å². The monoisotopic (exact) mass is 2020 g/mol. The van der Waals surface area contributed by atoms with Gasteiger partial charge in [0, 0.05) is 70.0 Å². The van der Waals surface area contributed by atoms with E-state index in [1.165, 1.54) is 43.0 Å². The lowest BCUT2D eigenvalue weighted by atomic mass is 9.95. The van der Waals surface area contributed by atoms with Crippen molar-refractivity contribution in [1.29, 1.82) is 21.6 Å². The van der Waals surface area contributed by atoms with Crippen molar-refractivity contribution in [3.63, 3.8) is 0 Å². The number of carbonyl (C=O) groups excluding carboxylic acids is 16. The molecule has 1 saturated carbocycles. The summed E-state index contributed by atoms with van der Waals surface area (Å²) < 4.78 is 0. The molecule has 4 aliphatic rings. The summed E-state index contributed by atoms with van der Waals surface area (Å²) in [6, 6.07) is -3.38.